The second-order valence-corrected chi connectivity index (χ2v) is 10.1. The number of benzene rings is 2. The molecule has 3 rings (SSSR count). The van der Waals surface area contributed by atoms with Crippen LogP contribution < -0.4 is 14.4 Å². The predicted octanol–water partition coefficient (Wildman–Crippen LogP) is 7.64. The molecule has 1 aliphatic heterocycles. The van der Waals surface area contributed by atoms with Gasteiger partial charge in [-0.05, 0) is 76.4 Å². The van der Waals surface area contributed by atoms with Gasteiger partial charge in [0.05, 0.1) is 17.8 Å². The van der Waals surface area contributed by atoms with Crippen LogP contribution in [0.15, 0.2) is 96.3 Å². The van der Waals surface area contributed by atoms with Crippen molar-refractivity contribution < 1.29 is 14.3 Å². The van der Waals surface area contributed by atoms with Gasteiger partial charge in [-0.1, -0.05) is 66.2 Å². The van der Waals surface area contributed by atoms with Crippen molar-refractivity contribution in [3.05, 3.63) is 101 Å². The monoisotopic (exact) mass is 548 g/mol. The Morgan fingerprint density at radius 2 is 1.69 bits per heavy atom. The zero-order valence-electron chi connectivity index (χ0n) is 23.6. The zero-order chi connectivity index (χ0) is 28.0. The molecule has 0 aliphatic carbocycles. The Hall–Kier alpha value is -3.28. The van der Waals surface area contributed by atoms with Gasteiger partial charge in [0.1, 0.15) is 17.6 Å². The van der Waals surface area contributed by atoms with Gasteiger partial charge < -0.3 is 19.3 Å². The van der Waals surface area contributed by atoms with E-state index in [9.17, 15) is 4.79 Å². The summed E-state index contributed by atoms with van der Waals surface area (Å²) in [5, 5.41) is 0.661. The number of likely N-dealkylation sites (tertiary alicyclic amines) is 1. The largest absolute Gasteiger partial charge is 0.495 e. The Kier molecular flexibility index (Phi) is 12.4. The molecular formula is C33H41ClN2O3. The summed E-state index contributed by atoms with van der Waals surface area (Å²) in [7, 11) is 1.68. The van der Waals surface area contributed by atoms with Gasteiger partial charge in [-0.2, -0.15) is 0 Å². The molecule has 1 aliphatic rings. The van der Waals surface area contributed by atoms with Crippen LogP contribution in [0.4, 0.5) is 5.69 Å². The van der Waals surface area contributed by atoms with Crippen LogP contribution in [-0.4, -0.2) is 50.1 Å². The molecule has 0 aromatic heterocycles. The molecular weight excluding hydrogens is 508 g/mol. The number of ether oxygens (including phenoxy) is 2. The van der Waals surface area contributed by atoms with E-state index in [1.54, 1.807) is 7.11 Å². The number of nitrogens with zero attached hydrogens (tertiary/aromatic N) is 2. The van der Waals surface area contributed by atoms with E-state index in [-0.39, 0.29) is 11.9 Å². The lowest BCUT2D eigenvalue weighted by molar-refractivity contribution is -0.112. The fourth-order valence-electron chi connectivity index (χ4n) is 4.61. The van der Waals surface area contributed by atoms with Gasteiger partial charge >= 0.3 is 0 Å². The average Bonchev–Trinajstić information content (AvgIpc) is 2.96. The number of rotatable bonds is 13. The Morgan fingerprint density at radius 1 is 1.00 bits per heavy atom. The summed E-state index contributed by atoms with van der Waals surface area (Å²) in [6, 6.07) is 15.6. The van der Waals surface area contributed by atoms with Crippen molar-refractivity contribution in [2.45, 2.75) is 46.1 Å². The molecule has 0 atom stereocenters. The maximum absolute atomic E-state index is 13.1. The number of ketones is 1. The van der Waals surface area contributed by atoms with Gasteiger partial charge in [0, 0.05) is 31.4 Å². The Balaban J connectivity index is 1.62. The van der Waals surface area contributed by atoms with E-state index in [0.29, 0.717) is 16.2 Å². The summed E-state index contributed by atoms with van der Waals surface area (Å²) in [5.74, 6) is 1.58. The van der Waals surface area contributed by atoms with Crippen LogP contribution in [0.2, 0.25) is 5.02 Å². The Labute approximate surface area is 239 Å². The quantitative estimate of drug-likeness (QED) is 0.190. The van der Waals surface area contributed by atoms with Crippen molar-refractivity contribution in [1.29, 1.82) is 0 Å². The summed E-state index contributed by atoms with van der Waals surface area (Å²) in [6.07, 6.45) is 14.6. The first kappa shape index (κ1) is 30.3. The van der Waals surface area contributed by atoms with Crippen molar-refractivity contribution in [2.75, 3.05) is 38.2 Å². The highest BCUT2D eigenvalue weighted by atomic mass is 35.5. The number of carbonyl (C=O) groups is 1. The average molecular weight is 549 g/mol. The number of allylic oxidation sites excluding steroid dienone is 7. The van der Waals surface area contributed by atoms with Crippen molar-refractivity contribution in [2.24, 2.45) is 0 Å². The normalized spacial score (nSPS) is 15.7. The molecule has 1 fully saturated rings. The first-order chi connectivity index (χ1) is 18.9. The van der Waals surface area contributed by atoms with Gasteiger partial charge in [0.15, 0.2) is 5.78 Å². The van der Waals surface area contributed by atoms with E-state index in [2.05, 4.69) is 9.80 Å². The van der Waals surface area contributed by atoms with E-state index in [1.165, 1.54) is 0 Å². The third-order valence-corrected chi connectivity index (χ3v) is 7.07. The van der Waals surface area contributed by atoms with Crippen LogP contribution in [0.25, 0.3) is 0 Å². The van der Waals surface area contributed by atoms with E-state index >= 15 is 0 Å². The molecule has 0 bridgehead atoms. The number of piperidine rings is 1. The lowest BCUT2D eigenvalue weighted by atomic mass is 10.1. The molecule has 0 radical (unpaired) electrons. The van der Waals surface area contributed by atoms with Gasteiger partial charge in [-0.15, -0.1) is 0 Å². The highest BCUT2D eigenvalue weighted by molar-refractivity contribution is 6.32. The number of hydrogen-bond donors (Lipinski definition) is 0. The first-order valence-corrected chi connectivity index (χ1v) is 14.0. The van der Waals surface area contributed by atoms with E-state index in [1.807, 2.05) is 106 Å². The predicted molar refractivity (Wildman–Crippen MR) is 163 cm³/mol. The maximum Gasteiger partial charge on any atom is 0.185 e. The van der Waals surface area contributed by atoms with Crippen molar-refractivity contribution >= 4 is 23.1 Å². The van der Waals surface area contributed by atoms with Gasteiger partial charge in [0.2, 0.25) is 0 Å². The van der Waals surface area contributed by atoms with Crippen molar-refractivity contribution in [3.63, 3.8) is 0 Å². The number of halogens is 1. The standard InChI is InChI=1S/C33H41ClN2O3/c1-5-6-7-8-14-26(2)33(37)27(3)25-36(30-16-10-12-18-32(30)38-4)22-13-21-35-23-19-28(20-24-35)39-31-17-11-9-15-29(31)34/h5-12,14-18,25,28H,13,19-24H2,1-4H3/b6-5-,8-7-,26-14+,27-25+. The number of methoxy groups -OCH3 is 1. The summed E-state index contributed by atoms with van der Waals surface area (Å²) in [5.41, 5.74) is 2.34. The number of para-hydroxylation sites is 3. The minimum Gasteiger partial charge on any atom is -0.495 e. The third kappa shape index (κ3) is 9.45. The number of carbonyl (C=O) groups excluding carboxylic acids is 1. The maximum atomic E-state index is 13.1. The summed E-state index contributed by atoms with van der Waals surface area (Å²) in [4.78, 5) is 17.7. The molecule has 0 amide bonds. The molecule has 208 valence electrons. The second kappa shape index (κ2) is 16.0. The van der Waals surface area contributed by atoms with Crippen molar-refractivity contribution in [1.82, 2.24) is 4.90 Å². The molecule has 2 aromatic rings. The lowest BCUT2D eigenvalue weighted by Gasteiger charge is -2.33. The molecule has 5 nitrogen and oxygen atoms in total. The molecule has 1 saturated heterocycles. The molecule has 0 unspecified atom stereocenters. The topological polar surface area (TPSA) is 42.0 Å². The summed E-state index contributed by atoms with van der Waals surface area (Å²) in [6.45, 7) is 9.41. The highest BCUT2D eigenvalue weighted by Crippen LogP contribution is 2.29. The Bertz CT molecular complexity index is 1190. The van der Waals surface area contributed by atoms with Gasteiger partial charge in [-0.3, -0.25) is 4.79 Å². The van der Waals surface area contributed by atoms with E-state index in [0.717, 1.165) is 62.6 Å². The molecule has 0 N–H and O–H groups in total. The molecule has 6 heteroatoms. The number of hydrogen-bond acceptors (Lipinski definition) is 5. The fraction of sp³-hybridized carbons (Fsp3) is 0.364. The molecule has 2 aromatic carbocycles. The summed E-state index contributed by atoms with van der Waals surface area (Å²) >= 11 is 6.27. The minimum absolute atomic E-state index is 0.0283. The van der Waals surface area contributed by atoms with Crippen LogP contribution in [0, 0.1) is 0 Å². The SMILES string of the molecule is C\C=C/C=C\C=C(/C)C(=O)/C(C)=C/N(CCCN1CCC(Oc2ccccc2Cl)CC1)c1ccccc1OC. The number of anilines is 1. The van der Waals surface area contributed by atoms with Gasteiger partial charge in [0.25, 0.3) is 0 Å². The minimum atomic E-state index is 0.0283. The molecule has 0 saturated carbocycles. The third-order valence-electron chi connectivity index (χ3n) is 6.76. The zero-order valence-corrected chi connectivity index (χ0v) is 24.4. The lowest BCUT2D eigenvalue weighted by Crippen LogP contribution is -2.39. The van der Waals surface area contributed by atoms with Gasteiger partial charge in [-0.25, -0.2) is 0 Å². The smallest absolute Gasteiger partial charge is 0.185 e. The fourth-order valence-corrected chi connectivity index (χ4v) is 4.79. The van der Waals surface area contributed by atoms with Crippen LogP contribution in [0.3, 0.4) is 0 Å². The number of Topliss-reactive ketones (excluding diaryl/α,β-unsaturated/α-hetero) is 1. The molecule has 1 heterocycles. The van der Waals surface area contributed by atoms with Crippen molar-refractivity contribution in [3.8, 4) is 11.5 Å². The van der Waals surface area contributed by atoms with E-state index < -0.39 is 0 Å². The van der Waals surface area contributed by atoms with Crippen LogP contribution in [0.1, 0.15) is 40.0 Å². The Morgan fingerprint density at radius 3 is 2.38 bits per heavy atom. The van der Waals surface area contributed by atoms with E-state index in [4.69, 9.17) is 21.1 Å². The second-order valence-electron chi connectivity index (χ2n) is 9.71. The van der Waals surface area contributed by atoms with Crippen LogP contribution in [0.5, 0.6) is 11.5 Å². The highest BCUT2D eigenvalue weighted by Gasteiger charge is 2.21. The first-order valence-electron chi connectivity index (χ1n) is 13.7. The van der Waals surface area contributed by atoms with Crippen LogP contribution in [-0.2, 0) is 4.79 Å². The molecule has 39 heavy (non-hydrogen) atoms. The molecule has 0 spiro atoms. The summed E-state index contributed by atoms with van der Waals surface area (Å²) < 4.78 is 11.8. The van der Waals surface area contributed by atoms with Crippen LogP contribution >= 0.6 is 11.6 Å².